The van der Waals surface area contributed by atoms with E-state index < -0.39 is 0 Å². The number of carbonyl (C=O) groups is 1. The molecule has 5 heteroatoms. The molecule has 2 aliphatic heterocycles. The van der Waals surface area contributed by atoms with Crippen LogP contribution in [0, 0.1) is 11.3 Å². The minimum atomic E-state index is -0.239. The first-order chi connectivity index (χ1) is 12.7. The molecule has 140 valence electrons. The second-order valence-electron chi connectivity index (χ2n) is 8.03. The summed E-state index contributed by atoms with van der Waals surface area (Å²) in [6.45, 7) is 1.71. The van der Waals surface area contributed by atoms with E-state index in [1.165, 1.54) is 18.2 Å². The summed E-state index contributed by atoms with van der Waals surface area (Å²) >= 11 is 0. The van der Waals surface area contributed by atoms with Crippen molar-refractivity contribution in [3.63, 3.8) is 0 Å². The van der Waals surface area contributed by atoms with E-state index in [-0.39, 0.29) is 18.0 Å². The number of benzene rings is 1. The molecule has 0 aromatic heterocycles. The third kappa shape index (κ3) is 3.84. The van der Waals surface area contributed by atoms with Gasteiger partial charge >= 0.3 is 0 Å². The van der Waals surface area contributed by atoms with Crippen molar-refractivity contribution >= 4 is 12.1 Å². The van der Waals surface area contributed by atoms with Crippen molar-refractivity contribution in [3.05, 3.63) is 35.4 Å². The molecule has 1 aliphatic carbocycles. The van der Waals surface area contributed by atoms with E-state index in [1.807, 2.05) is 0 Å². The number of amides is 1. The second kappa shape index (κ2) is 7.89. The van der Waals surface area contributed by atoms with Gasteiger partial charge in [0.05, 0.1) is 12.1 Å². The first-order valence-corrected chi connectivity index (χ1v) is 9.96. The molecule has 0 spiro atoms. The van der Waals surface area contributed by atoms with E-state index in [4.69, 9.17) is 10.1 Å². The number of hydrogen-bond donors (Lipinski definition) is 3. The molecule has 1 amide bonds. The number of ether oxygens (including phenoxy) is 1. The van der Waals surface area contributed by atoms with Gasteiger partial charge in [-0.05, 0) is 61.5 Å². The highest BCUT2D eigenvalue weighted by Crippen LogP contribution is 2.35. The fraction of sp³-hybridized carbons (Fsp3) is 0.619. The average molecular weight is 355 g/mol. The topological polar surface area (TPSA) is 74.2 Å². The van der Waals surface area contributed by atoms with Gasteiger partial charge in [0.2, 0.25) is 5.91 Å². The summed E-state index contributed by atoms with van der Waals surface area (Å²) in [6.07, 6.45) is 7.69. The summed E-state index contributed by atoms with van der Waals surface area (Å²) < 4.78 is 5.44. The molecule has 3 N–H and O–H groups in total. The Labute approximate surface area is 155 Å². The van der Waals surface area contributed by atoms with E-state index in [2.05, 4.69) is 34.9 Å². The zero-order chi connectivity index (χ0) is 17.9. The average Bonchev–Trinajstić information content (AvgIpc) is 3.32. The number of piperidine rings is 1. The van der Waals surface area contributed by atoms with Crippen molar-refractivity contribution in [1.29, 1.82) is 5.41 Å². The van der Waals surface area contributed by atoms with Crippen LogP contribution in [-0.2, 0) is 16.0 Å². The Kier molecular flexibility index (Phi) is 5.36. The van der Waals surface area contributed by atoms with E-state index in [0.717, 1.165) is 44.5 Å². The molecule has 0 radical (unpaired) electrons. The fourth-order valence-corrected chi connectivity index (χ4v) is 4.79. The monoisotopic (exact) mass is 355 g/mol. The van der Waals surface area contributed by atoms with Crippen molar-refractivity contribution in [3.8, 4) is 0 Å². The molecule has 5 nitrogen and oxygen atoms in total. The van der Waals surface area contributed by atoms with Crippen LogP contribution in [0.2, 0.25) is 0 Å². The summed E-state index contributed by atoms with van der Waals surface area (Å²) in [4.78, 5) is 12.6. The molecule has 2 bridgehead atoms. The zero-order valence-corrected chi connectivity index (χ0v) is 15.2. The molecule has 4 unspecified atom stereocenters. The van der Waals surface area contributed by atoms with Gasteiger partial charge in [0, 0.05) is 25.5 Å². The van der Waals surface area contributed by atoms with Gasteiger partial charge in [-0.25, -0.2) is 0 Å². The predicted octanol–water partition coefficient (Wildman–Crippen LogP) is 2.40. The van der Waals surface area contributed by atoms with Crippen LogP contribution in [0.1, 0.15) is 49.1 Å². The van der Waals surface area contributed by atoms with Crippen LogP contribution in [0.4, 0.5) is 0 Å². The van der Waals surface area contributed by atoms with Gasteiger partial charge in [0.15, 0.2) is 0 Å². The molecule has 1 aromatic rings. The Hall–Kier alpha value is -1.72. The van der Waals surface area contributed by atoms with Crippen molar-refractivity contribution in [2.24, 2.45) is 5.92 Å². The summed E-state index contributed by atoms with van der Waals surface area (Å²) in [5, 5.41) is 14.2. The largest absolute Gasteiger partial charge is 0.381 e. The van der Waals surface area contributed by atoms with E-state index >= 15 is 0 Å². The van der Waals surface area contributed by atoms with Gasteiger partial charge in [-0.3, -0.25) is 4.79 Å². The van der Waals surface area contributed by atoms with Crippen molar-refractivity contribution in [1.82, 2.24) is 10.6 Å². The number of carbonyl (C=O) groups excluding carboxylic acids is 1. The Morgan fingerprint density at radius 2 is 2.00 bits per heavy atom. The van der Waals surface area contributed by atoms with Crippen molar-refractivity contribution in [2.75, 3.05) is 13.2 Å². The molecule has 2 saturated heterocycles. The summed E-state index contributed by atoms with van der Waals surface area (Å²) in [6, 6.07) is 8.90. The molecule has 4 rings (SSSR count). The minimum Gasteiger partial charge on any atom is -0.381 e. The van der Waals surface area contributed by atoms with Crippen LogP contribution in [0.15, 0.2) is 24.3 Å². The molecular formula is C21H29N3O2. The lowest BCUT2D eigenvalue weighted by atomic mass is 9.90. The van der Waals surface area contributed by atoms with Gasteiger partial charge in [-0.1, -0.05) is 24.3 Å². The molecule has 26 heavy (non-hydrogen) atoms. The Bertz CT molecular complexity index is 639. The van der Waals surface area contributed by atoms with Gasteiger partial charge in [-0.2, -0.15) is 0 Å². The normalized spacial score (nSPS) is 29.5. The third-order valence-electron chi connectivity index (χ3n) is 6.30. The van der Waals surface area contributed by atoms with Gasteiger partial charge in [0.1, 0.15) is 0 Å². The van der Waals surface area contributed by atoms with Crippen LogP contribution in [0.3, 0.4) is 0 Å². The smallest absolute Gasteiger partial charge is 0.237 e. The Morgan fingerprint density at radius 1 is 1.23 bits per heavy atom. The maximum atomic E-state index is 12.6. The van der Waals surface area contributed by atoms with Crippen LogP contribution >= 0.6 is 0 Å². The lowest BCUT2D eigenvalue weighted by molar-refractivity contribution is -0.124. The minimum absolute atomic E-state index is 0.0597. The maximum Gasteiger partial charge on any atom is 0.237 e. The van der Waals surface area contributed by atoms with Crippen molar-refractivity contribution in [2.45, 2.75) is 62.6 Å². The standard InChI is InChI=1S/C21H29N3O2/c22-13-19(24-21(25)20-17-5-6-18(12-17)23-20)11-14-1-3-15(4-2-14)16-7-9-26-10-8-16/h1-4,13,16-20,22-23H,5-12H2,(H,24,25). The highest BCUT2D eigenvalue weighted by molar-refractivity contribution is 5.85. The summed E-state index contributed by atoms with van der Waals surface area (Å²) in [7, 11) is 0. The van der Waals surface area contributed by atoms with Crippen molar-refractivity contribution < 1.29 is 9.53 Å². The van der Waals surface area contributed by atoms with Gasteiger partial charge < -0.3 is 20.8 Å². The molecule has 4 atom stereocenters. The summed E-state index contributed by atoms with van der Waals surface area (Å²) in [5.74, 6) is 1.13. The van der Waals surface area contributed by atoms with Crippen LogP contribution in [0.25, 0.3) is 0 Å². The van der Waals surface area contributed by atoms with Gasteiger partial charge in [0.25, 0.3) is 0 Å². The van der Waals surface area contributed by atoms with Crippen LogP contribution in [0.5, 0.6) is 0 Å². The van der Waals surface area contributed by atoms with Crippen LogP contribution in [-0.4, -0.2) is 43.5 Å². The predicted molar refractivity (Wildman–Crippen MR) is 102 cm³/mol. The quantitative estimate of drug-likeness (QED) is 0.686. The number of nitrogens with one attached hydrogen (secondary N) is 3. The molecule has 1 aromatic carbocycles. The second-order valence-corrected chi connectivity index (χ2v) is 8.03. The lowest BCUT2D eigenvalue weighted by Gasteiger charge is -2.25. The zero-order valence-electron chi connectivity index (χ0n) is 15.2. The Balaban J connectivity index is 1.32. The van der Waals surface area contributed by atoms with E-state index in [1.54, 1.807) is 0 Å². The molecule has 1 saturated carbocycles. The van der Waals surface area contributed by atoms with E-state index in [9.17, 15) is 4.79 Å². The number of hydrogen-bond acceptors (Lipinski definition) is 4. The number of fused-ring (bicyclic) bond motifs is 2. The number of rotatable bonds is 6. The first kappa shape index (κ1) is 17.7. The highest BCUT2D eigenvalue weighted by Gasteiger charge is 2.42. The molecule has 2 heterocycles. The van der Waals surface area contributed by atoms with E-state index in [0.29, 0.717) is 24.3 Å². The molecule has 3 fully saturated rings. The maximum absolute atomic E-state index is 12.6. The van der Waals surface area contributed by atoms with Crippen LogP contribution < -0.4 is 10.6 Å². The molecule has 3 aliphatic rings. The van der Waals surface area contributed by atoms with Gasteiger partial charge in [-0.15, -0.1) is 0 Å². The Morgan fingerprint density at radius 3 is 2.62 bits per heavy atom. The lowest BCUT2D eigenvalue weighted by Crippen LogP contribution is -2.51. The molecular weight excluding hydrogens is 326 g/mol. The third-order valence-corrected chi connectivity index (χ3v) is 6.30. The SMILES string of the molecule is N=CC(Cc1ccc(C2CCOCC2)cc1)NC(=O)C1NC2CCC1C2. The summed E-state index contributed by atoms with van der Waals surface area (Å²) in [5.41, 5.74) is 2.54. The first-order valence-electron chi connectivity index (χ1n) is 9.96. The fourth-order valence-electron chi connectivity index (χ4n) is 4.79. The highest BCUT2D eigenvalue weighted by atomic mass is 16.5.